The van der Waals surface area contributed by atoms with E-state index in [1.54, 1.807) is 19.1 Å². The average Bonchev–Trinajstić information content (AvgIpc) is 2.84. The molecule has 0 heterocycles. The van der Waals surface area contributed by atoms with Gasteiger partial charge in [-0.25, -0.2) is 19.4 Å². The average molecular weight is 557 g/mol. The topological polar surface area (TPSA) is 113 Å². The van der Waals surface area contributed by atoms with Crippen LogP contribution in [0.25, 0.3) is 0 Å². The molecule has 1 amide bonds. The molecule has 2 aromatic rings. The van der Waals surface area contributed by atoms with Gasteiger partial charge in [0.05, 0.1) is 18.8 Å². The van der Waals surface area contributed by atoms with Crippen molar-refractivity contribution in [2.75, 3.05) is 19.8 Å². The highest BCUT2D eigenvalue weighted by molar-refractivity contribution is 5.75. The normalized spacial score (nSPS) is 11.7. The third-order valence-electron chi connectivity index (χ3n) is 4.91. The van der Waals surface area contributed by atoms with E-state index in [4.69, 9.17) is 18.9 Å². The summed E-state index contributed by atoms with van der Waals surface area (Å²) in [4.78, 5) is 36.8. The third kappa shape index (κ3) is 15.7. The molecule has 40 heavy (non-hydrogen) atoms. The maximum atomic E-state index is 12.0. The zero-order valence-electron chi connectivity index (χ0n) is 25.0. The van der Waals surface area contributed by atoms with Crippen molar-refractivity contribution < 1.29 is 33.3 Å². The first-order valence-corrected chi connectivity index (χ1v) is 13.4. The van der Waals surface area contributed by atoms with Crippen LogP contribution in [0.1, 0.15) is 66.5 Å². The number of amides is 1. The van der Waals surface area contributed by atoms with Crippen molar-refractivity contribution in [3.63, 3.8) is 0 Å². The van der Waals surface area contributed by atoms with Gasteiger partial charge in [-0.15, -0.1) is 0 Å². The lowest BCUT2D eigenvalue weighted by Gasteiger charge is -2.19. The molecular formula is C31H44N2O7. The Morgan fingerprint density at radius 1 is 0.875 bits per heavy atom. The molecule has 1 N–H and O–H groups in total. The standard InChI is InChI=1S/C26H35NO6.C5H9NO/c1-6-30-23(24(28)31-7-2)18-20-10-12-21(13-11-20)32-17-16-19-8-14-22(15-9-19)33-25(29)27-26(3,4)5;1-5(2,3)6-4-7/h8-15,23H,6-7,16-18H2,1-5H3,(H,27,29);1-3H3. The van der Waals surface area contributed by atoms with Crippen molar-refractivity contribution in [1.82, 2.24) is 5.32 Å². The summed E-state index contributed by atoms with van der Waals surface area (Å²) >= 11 is 0. The largest absolute Gasteiger partial charge is 0.493 e. The van der Waals surface area contributed by atoms with Crippen LogP contribution >= 0.6 is 0 Å². The van der Waals surface area contributed by atoms with Crippen molar-refractivity contribution in [3.05, 3.63) is 59.7 Å². The van der Waals surface area contributed by atoms with E-state index < -0.39 is 12.2 Å². The van der Waals surface area contributed by atoms with Gasteiger partial charge < -0.3 is 24.3 Å². The molecule has 0 saturated carbocycles. The summed E-state index contributed by atoms with van der Waals surface area (Å²) in [6, 6.07) is 15.0. The van der Waals surface area contributed by atoms with Crippen molar-refractivity contribution in [3.8, 4) is 11.5 Å². The van der Waals surface area contributed by atoms with Gasteiger partial charge in [0, 0.05) is 25.0 Å². The number of carbonyl (C=O) groups is 2. The molecule has 2 aromatic carbocycles. The minimum Gasteiger partial charge on any atom is -0.493 e. The molecule has 2 rings (SSSR count). The number of rotatable bonds is 11. The summed E-state index contributed by atoms with van der Waals surface area (Å²) < 4.78 is 21.7. The quantitative estimate of drug-likeness (QED) is 0.211. The lowest BCUT2D eigenvalue weighted by molar-refractivity contribution is -0.156. The summed E-state index contributed by atoms with van der Waals surface area (Å²) in [7, 11) is 0. The van der Waals surface area contributed by atoms with Gasteiger partial charge in [-0.05, 0) is 90.8 Å². The smallest absolute Gasteiger partial charge is 0.413 e. The molecule has 0 bridgehead atoms. The van der Waals surface area contributed by atoms with Gasteiger partial charge in [0.15, 0.2) is 6.10 Å². The molecule has 1 atom stereocenters. The Bertz CT molecular complexity index is 1080. The van der Waals surface area contributed by atoms with E-state index in [1.807, 2.05) is 84.9 Å². The second-order valence-electron chi connectivity index (χ2n) is 10.9. The Morgan fingerprint density at radius 2 is 1.45 bits per heavy atom. The van der Waals surface area contributed by atoms with E-state index in [0.717, 1.165) is 16.9 Å². The number of nitrogens with zero attached hydrogens (tertiary/aromatic N) is 1. The highest BCUT2D eigenvalue weighted by Crippen LogP contribution is 2.17. The summed E-state index contributed by atoms with van der Waals surface area (Å²) in [6.45, 7) is 16.1. The summed E-state index contributed by atoms with van der Waals surface area (Å²) in [5.41, 5.74) is 1.45. The molecular weight excluding hydrogens is 512 g/mol. The van der Waals surface area contributed by atoms with Gasteiger partial charge in [0.2, 0.25) is 6.08 Å². The van der Waals surface area contributed by atoms with Crippen LogP contribution in [0.4, 0.5) is 4.79 Å². The van der Waals surface area contributed by atoms with Crippen LogP contribution in [-0.4, -0.2) is 55.1 Å². The van der Waals surface area contributed by atoms with Crippen LogP contribution in [0, 0.1) is 0 Å². The van der Waals surface area contributed by atoms with Crippen LogP contribution < -0.4 is 14.8 Å². The predicted molar refractivity (Wildman–Crippen MR) is 155 cm³/mol. The van der Waals surface area contributed by atoms with Crippen molar-refractivity contribution >= 4 is 18.1 Å². The first-order chi connectivity index (χ1) is 18.8. The number of hydrogen-bond acceptors (Lipinski definition) is 8. The SMILES string of the molecule is CC(C)(C)N=C=O.CCOC(=O)C(Cc1ccc(OCCc2ccc(OC(=O)NC(C)(C)C)cc2)cc1)OCC. The highest BCUT2D eigenvalue weighted by atomic mass is 16.6. The predicted octanol–water partition coefficient (Wildman–Crippen LogP) is 5.83. The first kappa shape index (κ1) is 34.3. The van der Waals surface area contributed by atoms with Crippen LogP contribution in [0.15, 0.2) is 53.5 Å². The maximum Gasteiger partial charge on any atom is 0.413 e. The van der Waals surface area contributed by atoms with E-state index in [9.17, 15) is 14.4 Å². The molecule has 1 unspecified atom stereocenters. The fourth-order valence-corrected chi connectivity index (χ4v) is 3.17. The maximum absolute atomic E-state index is 12.0. The van der Waals surface area contributed by atoms with Crippen molar-refractivity contribution in [1.29, 1.82) is 0 Å². The number of aliphatic imine (C=N–C) groups is 1. The van der Waals surface area contributed by atoms with Gasteiger partial charge in [-0.1, -0.05) is 24.3 Å². The second-order valence-corrected chi connectivity index (χ2v) is 10.9. The van der Waals surface area contributed by atoms with Crippen molar-refractivity contribution in [2.24, 2.45) is 4.99 Å². The molecule has 9 heteroatoms. The molecule has 0 aliphatic carbocycles. The molecule has 9 nitrogen and oxygen atoms in total. The summed E-state index contributed by atoms with van der Waals surface area (Å²) in [5, 5.41) is 2.76. The van der Waals surface area contributed by atoms with Gasteiger partial charge in [0.25, 0.3) is 0 Å². The number of esters is 1. The van der Waals surface area contributed by atoms with Gasteiger partial charge in [-0.3, -0.25) is 0 Å². The van der Waals surface area contributed by atoms with Crippen LogP contribution in [0.5, 0.6) is 11.5 Å². The number of hydrogen-bond donors (Lipinski definition) is 1. The Labute approximate surface area is 238 Å². The Hall–Kier alpha value is -3.68. The van der Waals surface area contributed by atoms with E-state index in [-0.39, 0.29) is 17.0 Å². The van der Waals surface area contributed by atoms with Gasteiger partial charge in [0.1, 0.15) is 11.5 Å². The zero-order valence-corrected chi connectivity index (χ0v) is 25.0. The number of isocyanates is 1. The van der Waals surface area contributed by atoms with E-state index in [1.165, 1.54) is 6.08 Å². The number of benzene rings is 2. The fourth-order valence-electron chi connectivity index (χ4n) is 3.17. The lowest BCUT2D eigenvalue weighted by atomic mass is 10.1. The first-order valence-electron chi connectivity index (χ1n) is 13.4. The molecule has 0 aromatic heterocycles. The van der Waals surface area contributed by atoms with E-state index >= 15 is 0 Å². The highest BCUT2D eigenvalue weighted by Gasteiger charge is 2.20. The van der Waals surface area contributed by atoms with Gasteiger partial charge in [-0.2, -0.15) is 0 Å². The third-order valence-corrected chi connectivity index (χ3v) is 4.91. The molecule has 0 radical (unpaired) electrons. The molecule has 0 spiro atoms. The minimum absolute atomic E-state index is 0.248. The molecule has 0 aliphatic rings. The second kappa shape index (κ2) is 17.1. The minimum atomic E-state index is -0.604. The Balaban J connectivity index is 0.00000101. The van der Waals surface area contributed by atoms with Crippen molar-refractivity contribution in [2.45, 2.75) is 85.4 Å². The van der Waals surface area contributed by atoms with Crippen LogP contribution in [0.3, 0.4) is 0 Å². The summed E-state index contributed by atoms with van der Waals surface area (Å²) in [6.07, 6.45) is 1.57. The van der Waals surface area contributed by atoms with Crippen LogP contribution in [-0.2, 0) is 31.9 Å². The molecule has 0 aliphatic heterocycles. The van der Waals surface area contributed by atoms with E-state index in [2.05, 4.69) is 10.3 Å². The Morgan fingerprint density at radius 3 is 1.93 bits per heavy atom. The number of ether oxygens (including phenoxy) is 4. The monoisotopic (exact) mass is 556 g/mol. The Kier molecular flexibility index (Phi) is 14.7. The van der Waals surface area contributed by atoms with E-state index in [0.29, 0.717) is 38.4 Å². The number of carbonyl (C=O) groups excluding carboxylic acids is 3. The molecule has 220 valence electrons. The molecule has 0 fully saturated rings. The van der Waals surface area contributed by atoms with Crippen LogP contribution in [0.2, 0.25) is 0 Å². The zero-order chi connectivity index (χ0) is 30.2. The molecule has 0 saturated heterocycles. The summed E-state index contributed by atoms with van der Waals surface area (Å²) in [5.74, 6) is 0.901. The lowest BCUT2D eigenvalue weighted by Crippen LogP contribution is -2.42. The number of nitrogens with one attached hydrogen (secondary N) is 1. The van der Waals surface area contributed by atoms with Gasteiger partial charge >= 0.3 is 12.1 Å². The fraction of sp³-hybridized carbons (Fsp3) is 0.516.